The van der Waals surface area contributed by atoms with Crippen molar-refractivity contribution in [3.63, 3.8) is 0 Å². The van der Waals surface area contributed by atoms with Crippen LogP contribution in [0, 0.1) is 0 Å². The van der Waals surface area contributed by atoms with E-state index in [2.05, 4.69) is 19.1 Å². The smallest absolute Gasteiger partial charge is 0.303 e. The Labute approximate surface area is 158 Å². The fourth-order valence-electron chi connectivity index (χ4n) is 2.35. The van der Waals surface area contributed by atoms with Gasteiger partial charge < -0.3 is 5.11 Å². The van der Waals surface area contributed by atoms with E-state index < -0.39 is 5.97 Å². The summed E-state index contributed by atoms with van der Waals surface area (Å²) in [6, 6.07) is 0. The second kappa shape index (κ2) is 23.5. The van der Waals surface area contributed by atoms with Crippen LogP contribution in [-0.2, 0) is 38.9 Å². The van der Waals surface area contributed by atoms with Crippen molar-refractivity contribution in [2.24, 2.45) is 0 Å². The van der Waals surface area contributed by atoms with Crippen molar-refractivity contribution in [2.45, 2.75) is 96.8 Å². The van der Waals surface area contributed by atoms with Gasteiger partial charge in [0.05, 0.1) is 0 Å². The fourth-order valence-corrected chi connectivity index (χ4v) is 2.35. The summed E-state index contributed by atoms with van der Waals surface area (Å²) in [7, 11) is 0. The van der Waals surface area contributed by atoms with Crippen LogP contribution in [-0.4, -0.2) is 11.1 Å². The van der Waals surface area contributed by atoms with E-state index >= 15 is 0 Å². The minimum atomic E-state index is -0.664. The third-order valence-corrected chi connectivity index (χ3v) is 3.65. The molecule has 0 saturated heterocycles. The molecule has 0 bridgehead atoms. The van der Waals surface area contributed by atoms with E-state index in [1.165, 1.54) is 70.6 Å². The molecule has 0 rings (SSSR count). The van der Waals surface area contributed by atoms with Gasteiger partial charge in [-0.2, -0.15) is 0 Å². The van der Waals surface area contributed by atoms with Crippen LogP contribution >= 0.6 is 0 Å². The Bertz CT molecular complexity index is 243. The number of allylic oxidation sites excluding steroid dienone is 2. The Morgan fingerprint density at radius 2 is 1.14 bits per heavy atom. The molecule has 0 amide bonds. The summed E-state index contributed by atoms with van der Waals surface area (Å²) < 4.78 is 0. The third-order valence-electron chi connectivity index (χ3n) is 3.65. The predicted octanol–water partition coefficient (Wildman–Crippen LogP) is 6.10. The maximum atomic E-state index is 10.3. The molecule has 0 aliphatic heterocycles. The first-order chi connectivity index (χ1) is 9.77. The molecule has 134 valence electrons. The van der Waals surface area contributed by atoms with Gasteiger partial charge in [-0.1, -0.05) is 70.4 Å². The molecule has 0 aromatic rings. The molecule has 2 nitrogen and oxygen atoms in total. The monoisotopic (exact) mass is 394 g/mol. The first-order valence-corrected chi connectivity index (χ1v) is 8.64. The third kappa shape index (κ3) is 25.2. The normalized spacial score (nSPS) is 10.2. The quantitative estimate of drug-likeness (QED) is 0.207. The molecule has 0 fully saturated rings. The molecule has 4 heteroatoms. The molecule has 0 radical (unpaired) electrons. The summed E-state index contributed by atoms with van der Waals surface area (Å²) in [5, 5.41) is 8.51. The number of carboxylic acid groups (broad SMARTS) is 1. The number of unbranched alkanes of at least 4 members (excludes halogenated alkanes) is 11. The Balaban J connectivity index is -0.00000180. The standard InChI is InChI=1S/C18H34O2.2Fe/c1-2-3-4-5-6-7-8-9-10-11-12-13-14-15-16-17-18(19)20;;/h9-10H,2-8,11-17H2,1H3,(H,19,20);;/b10-9-;;. The number of rotatable bonds is 15. The summed E-state index contributed by atoms with van der Waals surface area (Å²) in [4.78, 5) is 10.3. The van der Waals surface area contributed by atoms with Crippen LogP contribution in [0.3, 0.4) is 0 Å². The molecule has 0 aliphatic rings. The Morgan fingerprint density at radius 3 is 1.59 bits per heavy atom. The average Bonchev–Trinajstić information content (AvgIpc) is 2.43. The van der Waals surface area contributed by atoms with Crippen LogP contribution in [0.1, 0.15) is 96.8 Å². The first-order valence-electron chi connectivity index (χ1n) is 8.64. The van der Waals surface area contributed by atoms with Gasteiger partial charge in [0.25, 0.3) is 0 Å². The van der Waals surface area contributed by atoms with Crippen molar-refractivity contribution in [1.29, 1.82) is 0 Å². The fraction of sp³-hybridized carbons (Fsp3) is 0.833. The number of carbonyl (C=O) groups is 1. The molecule has 1 N–H and O–H groups in total. The zero-order valence-electron chi connectivity index (χ0n) is 14.1. The maximum Gasteiger partial charge on any atom is 0.303 e. The molecule has 0 aromatic carbocycles. The van der Waals surface area contributed by atoms with E-state index in [9.17, 15) is 4.79 Å². The van der Waals surface area contributed by atoms with Gasteiger partial charge in [0.15, 0.2) is 0 Å². The van der Waals surface area contributed by atoms with Gasteiger partial charge >= 0.3 is 5.97 Å². The molecule has 0 aliphatic carbocycles. The van der Waals surface area contributed by atoms with E-state index in [1.54, 1.807) is 0 Å². The van der Waals surface area contributed by atoms with E-state index in [4.69, 9.17) is 5.11 Å². The molecule has 0 heterocycles. The van der Waals surface area contributed by atoms with Crippen molar-refractivity contribution >= 4 is 5.97 Å². The van der Waals surface area contributed by atoms with E-state index in [0.29, 0.717) is 6.42 Å². The summed E-state index contributed by atoms with van der Waals surface area (Å²) in [6.45, 7) is 2.26. The van der Waals surface area contributed by atoms with E-state index in [-0.39, 0.29) is 34.1 Å². The predicted molar refractivity (Wildman–Crippen MR) is 87.1 cm³/mol. The molecule has 0 atom stereocenters. The van der Waals surface area contributed by atoms with Gasteiger partial charge in [0.1, 0.15) is 0 Å². The number of hydrogen-bond acceptors (Lipinski definition) is 1. The Kier molecular flexibility index (Phi) is 29.0. The van der Waals surface area contributed by atoms with Crippen LogP contribution in [0.25, 0.3) is 0 Å². The van der Waals surface area contributed by atoms with Crippen LogP contribution < -0.4 is 0 Å². The van der Waals surface area contributed by atoms with Crippen LogP contribution in [0.5, 0.6) is 0 Å². The van der Waals surface area contributed by atoms with Crippen molar-refractivity contribution in [3.8, 4) is 0 Å². The summed E-state index contributed by atoms with van der Waals surface area (Å²) in [6.07, 6.45) is 21.2. The zero-order valence-corrected chi connectivity index (χ0v) is 16.3. The number of aliphatic carboxylic acids is 1. The van der Waals surface area contributed by atoms with Crippen LogP contribution in [0.15, 0.2) is 12.2 Å². The first kappa shape index (κ1) is 27.1. The van der Waals surface area contributed by atoms with Gasteiger partial charge in [-0.25, -0.2) is 0 Å². The molecule has 22 heavy (non-hydrogen) atoms. The Hall–Kier alpha value is 0.249. The number of hydrogen-bond donors (Lipinski definition) is 1. The van der Waals surface area contributed by atoms with Crippen molar-refractivity contribution < 1.29 is 44.0 Å². The van der Waals surface area contributed by atoms with Crippen molar-refractivity contribution in [3.05, 3.63) is 12.2 Å². The molecule has 0 aromatic heterocycles. The summed E-state index contributed by atoms with van der Waals surface area (Å²) >= 11 is 0. The summed E-state index contributed by atoms with van der Waals surface area (Å²) in [5.74, 6) is -0.664. The van der Waals surface area contributed by atoms with Gasteiger partial charge in [0, 0.05) is 40.6 Å². The van der Waals surface area contributed by atoms with Gasteiger partial charge in [0.2, 0.25) is 0 Å². The second-order valence-corrected chi connectivity index (χ2v) is 5.73. The van der Waals surface area contributed by atoms with Crippen LogP contribution in [0.4, 0.5) is 0 Å². The van der Waals surface area contributed by atoms with E-state index in [0.717, 1.165) is 12.8 Å². The van der Waals surface area contributed by atoms with Crippen LogP contribution in [0.2, 0.25) is 0 Å². The maximum absolute atomic E-state index is 10.3. The SMILES string of the molecule is CCCCCCCC/C=C\CCCCCCCC(=O)O.[Fe].[Fe]. The second-order valence-electron chi connectivity index (χ2n) is 5.73. The average molecular weight is 394 g/mol. The van der Waals surface area contributed by atoms with Crippen molar-refractivity contribution in [1.82, 2.24) is 0 Å². The van der Waals surface area contributed by atoms with Crippen molar-refractivity contribution in [2.75, 3.05) is 0 Å². The van der Waals surface area contributed by atoms with Gasteiger partial charge in [-0.15, -0.1) is 0 Å². The molecule has 0 spiro atoms. The Morgan fingerprint density at radius 1 is 0.727 bits per heavy atom. The molecular formula is C18H34Fe2O2. The molecule has 0 unspecified atom stereocenters. The molecular weight excluding hydrogens is 360 g/mol. The number of carboxylic acids is 1. The van der Waals surface area contributed by atoms with Gasteiger partial charge in [-0.3, -0.25) is 4.79 Å². The topological polar surface area (TPSA) is 37.3 Å². The molecule has 0 saturated carbocycles. The van der Waals surface area contributed by atoms with Gasteiger partial charge in [-0.05, 0) is 32.1 Å². The largest absolute Gasteiger partial charge is 0.481 e. The van der Waals surface area contributed by atoms with E-state index in [1.807, 2.05) is 0 Å². The minimum Gasteiger partial charge on any atom is -0.481 e. The zero-order chi connectivity index (χ0) is 14.9. The summed E-state index contributed by atoms with van der Waals surface area (Å²) in [5.41, 5.74) is 0. The minimum absolute atomic E-state index is 0.